The first-order valence-corrected chi connectivity index (χ1v) is 9.96. The first kappa shape index (κ1) is 16.5. The molecule has 0 N–H and O–H groups in total. The van der Waals surface area contributed by atoms with Crippen molar-refractivity contribution in [2.75, 3.05) is 36.5 Å². The van der Waals surface area contributed by atoms with Crippen LogP contribution in [0, 0.1) is 6.92 Å². The van der Waals surface area contributed by atoms with Crippen LogP contribution < -0.4 is 4.90 Å². The molecule has 0 spiro atoms. The second-order valence-corrected chi connectivity index (χ2v) is 9.08. The molecule has 1 aromatic rings. The van der Waals surface area contributed by atoms with Crippen molar-refractivity contribution in [1.82, 2.24) is 4.90 Å². The lowest BCUT2D eigenvalue weighted by atomic mass is 9.89. The number of piperidine rings is 1. The number of fused-ring (bicyclic) bond motifs is 3. The Hall–Kier alpha value is -1.40. The fraction of sp³-hybridized carbons (Fsp3) is 0.588. The van der Waals surface area contributed by atoms with Crippen molar-refractivity contribution in [3.63, 3.8) is 0 Å². The van der Waals surface area contributed by atoms with Crippen LogP contribution in [-0.2, 0) is 14.6 Å². The smallest absolute Gasteiger partial charge is 0.242 e. The monoisotopic (exact) mass is 336 g/mol. The van der Waals surface area contributed by atoms with E-state index in [0.29, 0.717) is 0 Å². The van der Waals surface area contributed by atoms with Crippen LogP contribution in [0.3, 0.4) is 0 Å². The standard InChI is InChI=1S/C17H24N2O3S/c1-4-23(21,22)11-17(20)19-15-6-5-12(2)9-13(15)14-10-18(3)8-7-16(14)19/h5-6,9,14,16H,4,7-8,10-11H2,1-3H3. The lowest BCUT2D eigenvalue weighted by Crippen LogP contribution is -2.48. The summed E-state index contributed by atoms with van der Waals surface area (Å²) in [5.74, 6) is -0.397. The van der Waals surface area contributed by atoms with Gasteiger partial charge in [-0.2, -0.15) is 0 Å². The van der Waals surface area contributed by atoms with Crippen LogP contribution in [-0.4, -0.2) is 56.9 Å². The number of hydrogen-bond donors (Lipinski definition) is 0. The summed E-state index contributed by atoms with van der Waals surface area (Å²) in [7, 11) is -1.22. The zero-order valence-corrected chi connectivity index (χ0v) is 14.8. The van der Waals surface area contributed by atoms with Crippen molar-refractivity contribution < 1.29 is 13.2 Å². The maximum Gasteiger partial charge on any atom is 0.242 e. The molecule has 0 aliphatic carbocycles. The predicted octanol–water partition coefficient (Wildman–Crippen LogP) is 1.56. The summed E-state index contributed by atoms with van der Waals surface area (Å²) in [6.45, 7) is 5.47. The number of carbonyl (C=O) groups excluding carboxylic acids is 1. The fourth-order valence-corrected chi connectivity index (χ4v) is 4.48. The molecule has 2 atom stereocenters. The summed E-state index contributed by atoms with van der Waals surface area (Å²) in [5, 5.41) is 0. The molecule has 0 saturated carbocycles. The third-order valence-electron chi connectivity index (χ3n) is 5.01. The summed E-state index contributed by atoms with van der Waals surface area (Å²) in [6.07, 6.45) is 0.882. The molecule has 2 unspecified atom stereocenters. The lowest BCUT2D eigenvalue weighted by molar-refractivity contribution is -0.116. The van der Waals surface area contributed by atoms with E-state index >= 15 is 0 Å². The Morgan fingerprint density at radius 3 is 2.78 bits per heavy atom. The van der Waals surface area contributed by atoms with Crippen LogP contribution in [0.5, 0.6) is 0 Å². The van der Waals surface area contributed by atoms with Gasteiger partial charge >= 0.3 is 0 Å². The molecule has 0 radical (unpaired) electrons. The SMILES string of the molecule is CCS(=O)(=O)CC(=O)N1c2ccc(C)cc2C2CN(C)CCC21. The molecule has 2 aliphatic heterocycles. The average Bonchev–Trinajstić information content (AvgIpc) is 2.80. The van der Waals surface area contributed by atoms with Gasteiger partial charge in [0.1, 0.15) is 5.75 Å². The van der Waals surface area contributed by atoms with Crippen LogP contribution in [0.4, 0.5) is 5.69 Å². The van der Waals surface area contributed by atoms with Gasteiger partial charge < -0.3 is 9.80 Å². The van der Waals surface area contributed by atoms with Crippen molar-refractivity contribution in [3.05, 3.63) is 29.3 Å². The van der Waals surface area contributed by atoms with Gasteiger partial charge in [0.2, 0.25) is 5.91 Å². The second kappa shape index (κ2) is 5.91. The van der Waals surface area contributed by atoms with Crippen LogP contribution in [0.15, 0.2) is 18.2 Å². The molecule has 3 rings (SSSR count). The maximum absolute atomic E-state index is 12.7. The molecule has 1 fully saturated rings. The van der Waals surface area contributed by atoms with Crippen molar-refractivity contribution in [2.45, 2.75) is 32.2 Å². The predicted molar refractivity (Wildman–Crippen MR) is 91.6 cm³/mol. The third-order valence-corrected chi connectivity index (χ3v) is 6.57. The minimum Gasteiger partial charge on any atom is -0.307 e. The topological polar surface area (TPSA) is 57.7 Å². The molecule has 5 nitrogen and oxygen atoms in total. The molecular formula is C17H24N2O3S. The van der Waals surface area contributed by atoms with E-state index in [-0.39, 0.29) is 23.6 Å². The molecular weight excluding hydrogens is 312 g/mol. The maximum atomic E-state index is 12.7. The van der Waals surface area contributed by atoms with Crippen molar-refractivity contribution in [3.8, 4) is 0 Å². The number of sulfone groups is 1. The van der Waals surface area contributed by atoms with Gasteiger partial charge in [0.25, 0.3) is 0 Å². The van der Waals surface area contributed by atoms with E-state index in [2.05, 4.69) is 18.0 Å². The summed E-state index contributed by atoms with van der Waals surface area (Å²) < 4.78 is 23.8. The first-order chi connectivity index (χ1) is 10.8. The van der Waals surface area contributed by atoms with E-state index in [4.69, 9.17) is 0 Å². The minimum absolute atomic E-state index is 0.00413. The number of hydrogen-bond acceptors (Lipinski definition) is 4. The number of carbonyl (C=O) groups is 1. The first-order valence-electron chi connectivity index (χ1n) is 8.14. The van der Waals surface area contributed by atoms with Gasteiger partial charge in [-0.3, -0.25) is 4.79 Å². The quantitative estimate of drug-likeness (QED) is 0.841. The molecule has 6 heteroatoms. The van der Waals surface area contributed by atoms with Gasteiger partial charge in [0, 0.05) is 29.9 Å². The number of rotatable bonds is 3. The number of likely N-dealkylation sites (tertiary alicyclic amines) is 1. The Bertz CT molecular complexity index is 729. The number of nitrogens with zero attached hydrogens (tertiary/aromatic N) is 2. The molecule has 0 aromatic heterocycles. The van der Waals surface area contributed by atoms with Crippen LogP contribution in [0.2, 0.25) is 0 Å². The summed E-state index contributed by atoms with van der Waals surface area (Å²) in [5.41, 5.74) is 3.26. The molecule has 0 bridgehead atoms. The zero-order chi connectivity index (χ0) is 16.8. The molecule has 1 amide bonds. The van der Waals surface area contributed by atoms with E-state index in [1.165, 1.54) is 11.1 Å². The Morgan fingerprint density at radius 2 is 2.09 bits per heavy atom. The molecule has 1 saturated heterocycles. The second-order valence-electron chi connectivity index (χ2n) is 6.73. The number of anilines is 1. The Labute approximate surface area is 138 Å². The molecule has 126 valence electrons. The normalized spacial score (nSPS) is 24.4. The van der Waals surface area contributed by atoms with E-state index in [1.54, 1.807) is 11.8 Å². The highest BCUT2D eigenvalue weighted by atomic mass is 32.2. The highest BCUT2D eigenvalue weighted by molar-refractivity contribution is 7.92. The summed E-state index contributed by atoms with van der Waals surface area (Å²) >= 11 is 0. The highest BCUT2D eigenvalue weighted by Crippen LogP contribution is 2.44. The fourth-order valence-electron chi connectivity index (χ4n) is 3.77. The zero-order valence-electron chi connectivity index (χ0n) is 13.9. The Balaban J connectivity index is 1.99. The number of aryl methyl sites for hydroxylation is 1. The van der Waals surface area contributed by atoms with Gasteiger partial charge in [0.05, 0.1) is 0 Å². The van der Waals surface area contributed by atoms with E-state index in [9.17, 15) is 13.2 Å². The largest absolute Gasteiger partial charge is 0.307 e. The van der Waals surface area contributed by atoms with Crippen LogP contribution in [0.1, 0.15) is 30.4 Å². The summed E-state index contributed by atoms with van der Waals surface area (Å²) in [6, 6.07) is 6.20. The van der Waals surface area contributed by atoms with Gasteiger partial charge in [-0.1, -0.05) is 24.6 Å². The van der Waals surface area contributed by atoms with Crippen LogP contribution in [0.25, 0.3) is 0 Å². The summed E-state index contributed by atoms with van der Waals surface area (Å²) in [4.78, 5) is 16.8. The third kappa shape index (κ3) is 3.02. The average molecular weight is 336 g/mol. The number of benzene rings is 1. The Morgan fingerprint density at radius 1 is 1.35 bits per heavy atom. The van der Waals surface area contributed by atoms with E-state index in [1.807, 2.05) is 19.1 Å². The molecule has 2 heterocycles. The van der Waals surface area contributed by atoms with Gasteiger partial charge in [-0.15, -0.1) is 0 Å². The van der Waals surface area contributed by atoms with Crippen molar-refractivity contribution in [1.29, 1.82) is 0 Å². The lowest BCUT2D eigenvalue weighted by Gasteiger charge is -2.36. The minimum atomic E-state index is -3.32. The number of amides is 1. The number of likely N-dealkylation sites (N-methyl/N-ethyl adjacent to an activating group) is 1. The molecule has 1 aromatic carbocycles. The van der Waals surface area contributed by atoms with E-state index < -0.39 is 15.6 Å². The van der Waals surface area contributed by atoms with Crippen molar-refractivity contribution >= 4 is 21.4 Å². The van der Waals surface area contributed by atoms with Crippen LogP contribution >= 0.6 is 0 Å². The van der Waals surface area contributed by atoms with E-state index in [0.717, 1.165) is 25.2 Å². The molecule has 23 heavy (non-hydrogen) atoms. The van der Waals surface area contributed by atoms with Gasteiger partial charge in [-0.25, -0.2) is 8.42 Å². The Kier molecular flexibility index (Phi) is 4.23. The van der Waals surface area contributed by atoms with Crippen molar-refractivity contribution in [2.24, 2.45) is 0 Å². The highest BCUT2D eigenvalue weighted by Gasteiger charge is 2.44. The van der Waals surface area contributed by atoms with Gasteiger partial charge in [-0.05, 0) is 38.6 Å². The molecule has 2 aliphatic rings. The van der Waals surface area contributed by atoms with Gasteiger partial charge in [0.15, 0.2) is 9.84 Å².